The van der Waals surface area contributed by atoms with E-state index < -0.39 is 10.6 Å². The Bertz CT molecular complexity index is 462. The average Bonchev–Trinajstić information content (AvgIpc) is 2.38. The lowest BCUT2D eigenvalue weighted by molar-refractivity contribution is -0.386. The van der Waals surface area contributed by atoms with Crippen LogP contribution in [0.1, 0.15) is 12.0 Å². The topological polar surface area (TPSA) is 144 Å². The van der Waals surface area contributed by atoms with Gasteiger partial charge in [-0.3, -0.25) is 10.1 Å². The third-order valence-electron chi connectivity index (χ3n) is 1.97. The smallest absolute Gasteiger partial charge is 0.331 e. The Labute approximate surface area is 102 Å². The quantitative estimate of drug-likeness (QED) is 0.160. The predicted molar refractivity (Wildman–Crippen MR) is 60.6 cm³/mol. The largest absolute Gasteiger partial charge is 0.473 e. The Hall–Kier alpha value is -2.42. The molecule has 18 heavy (non-hydrogen) atoms. The molecule has 0 aliphatic carbocycles. The first-order valence-electron chi connectivity index (χ1n) is 4.96. The van der Waals surface area contributed by atoms with Crippen LogP contribution in [0, 0.1) is 10.1 Å². The Morgan fingerprint density at radius 3 is 2.94 bits per heavy atom. The van der Waals surface area contributed by atoms with E-state index >= 15 is 0 Å². The Kier molecular flexibility index (Phi) is 4.81. The van der Waals surface area contributed by atoms with E-state index in [-0.39, 0.29) is 30.5 Å². The second kappa shape index (κ2) is 6.35. The van der Waals surface area contributed by atoms with Crippen molar-refractivity contribution in [3.63, 3.8) is 0 Å². The monoisotopic (exact) mass is 256 g/mol. The molecule has 98 valence electrons. The molecule has 0 bridgehead atoms. The number of nitrogens with two attached hydrogens (primary N) is 1. The molecule has 1 heterocycles. The third kappa shape index (κ3) is 3.28. The number of aromatic nitrogens is 1. The van der Waals surface area contributed by atoms with Gasteiger partial charge in [0, 0.05) is 30.9 Å². The van der Waals surface area contributed by atoms with Gasteiger partial charge in [0.05, 0.1) is 11.5 Å². The van der Waals surface area contributed by atoms with Crippen molar-refractivity contribution >= 4 is 11.5 Å². The van der Waals surface area contributed by atoms with Gasteiger partial charge in [-0.25, -0.2) is 4.98 Å². The van der Waals surface area contributed by atoms with E-state index in [1.54, 1.807) is 0 Å². The maximum absolute atomic E-state index is 10.8. The first kappa shape index (κ1) is 13.6. The lowest BCUT2D eigenvalue weighted by atomic mass is 10.2. The van der Waals surface area contributed by atoms with Crippen LogP contribution in [0.3, 0.4) is 0 Å². The van der Waals surface area contributed by atoms with E-state index in [4.69, 9.17) is 20.8 Å². The van der Waals surface area contributed by atoms with Gasteiger partial charge in [0.25, 0.3) is 5.88 Å². The van der Waals surface area contributed by atoms with Crippen LogP contribution in [0.2, 0.25) is 0 Å². The lowest BCUT2D eigenvalue weighted by Gasteiger charge is -2.05. The SMILES string of the molecule is NC(=NO)c1cnc(OCCCO)c([N+](=O)[O-])c1. The molecule has 0 unspecified atom stereocenters. The number of hydrogen-bond acceptors (Lipinski definition) is 7. The number of nitro groups is 1. The minimum atomic E-state index is -0.685. The van der Waals surface area contributed by atoms with Gasteiger partial charge in [0.2, 0.25) is 0 Å². The molecule has 0 amide bonds. The molecule has 0 saturated heterocycles. The summed E-state index contributed by atoms with van der Waals surface area (Å²) in [6.45, 7) is 0.0171. The van der Waals surface area contributed by atoms with Crippen molar-refractivity contribution in [2.75, 3.05) is 13.2 Å². The minimum Gasteiger partial charge on any atom is -0.473 e. The summed E-state index contributed by atoms with van der Waals surface area (Å²) in [5.74, 6) is -0.463. The van der Waals surface area contributed by atoms with Crippen LogP contribution in [0.4, 0.5) is 5.69 Å². The van der Waals surface area contributed by atoms with Gasteiger partial charge in [-0.15, -0.1) is 0 Å². The maximum atomic E-state index is 10.8. The summed E-state index contributed by atoms with van der Waals surface area (Å²) in [4.78, 5) is 13.8. The zero-order chi connectivity index (χ0) is 13.5. The summed E-state index contributed by atoms with van der Waals surface area (Å²) in [5.41, 5.74) is 5.02. The Morgan fingerprint density at radius 2 is 2.39 bits per heavy atom. The summed E-state index contributed by atoms with van der Waals surface area (Å²) in [6.07, 6.45) is 1.52. The minimum absolute atomic E-state index is 0.0873. The van der Waals surface area contributed by atoms with Crippen LogP contribution in [-0.4, -0.2) is 39.3 Å². The molecule has 0 radical (unpaired) electrons. The molecular formula is C9H12N4O5. The molecule has 1 aromatic rings. The molecule has 9 nitrogen and oxygen atoms in total. The summed E-state index contributed by atoms with van der Waals surface area (Å²) in [6, 6.07) is 1.09. The highest BCUT2D eigenvalue weighted by molar-refractivity contribution is 5.97. The number of hydrogen-bond donors (Lipinski definition) is 3. The standard InChI is InChI=1S/C9H12N4O5/c10-8(12-15)6-4-7(13(16)17)9(11-5-6)18-3-1-2-14/h4-5,14-15H,1-3H2,(H2,10,12). The van der Waals surface area contributed by atoms with Crippen molar-refractivity contribution in [3.05, 3.63) is 27.9 Å². The van der Waals surface area contributed by atoms with Gasteiger partial charge in [0.15, 0.2) is 5.84 Å². The zero-order valence-electron chi connectivity index (χ0n) is 9.31. The van der Waals surface area contributed by atoms with Crippen LogP contribution >= 0.6 is 0 Å². The third-order valence-corrected chi connectivity index (χ3v) is 1.97. The van der Waals surface area contributed by atoms with Gasteiger partial charge in [-0.05, 0) is 0 Å². The average molecular weight is 256 g/mol. The van der Waals surface area contributed by atoms with Crippen molar-refractivity contribution in [1.29, 1.82) is 0 Å². The number of ether oxygens (including phenoxy) is 1. The van der Waals surface area contributed by atoms with Crippen molar-refractivity contribution in [2.45, 2.75) is 6.42 Å². The van der Waals surface area contributed by atoms with Crippen LogP contribution in [0.5, 0.6) is 5.88 Å². The van der Waals surface area contributed by atoms with Crippen LogP contribution in [0.25, 0.3) is 0 Å². The second-order valence-electron chi connectivity index (χ2n) is 3.22. The number of amidine groups is 1. The Balaban J connectivity index is 3.01. The van der Waals surface area contributed by atoms with Gasteiger partial charge >= 0.3 is 5.69 Å². The highest BCUT2D eigenvalue weighted by atomic mass is 16.6. The second-order valence-corrected chi connectivity index (χ2v) is 3.22. The highest BCUT2D eigenvalue weighted by Gasteiger charge is 2.19. The van der Waals surface area contributed by atoms with Gasteiger partial charge in [0.1, 0.15) is 0 Å². The molecular weight excluding hydrogens is 244 g/mol. The first-order chi connectivity index (χ1) is 8.60. The predicted octanol–water partition coefficient (Wildman–Crippen LogP) is -0.155. The molecule has 0 aliphatic rings. The zero-order valence-corrected chi connectivity index (χ0v) is 9.31. The van der Waals surface area contributed by atoms with Crippen molar-refractivity contribution < 1.29 is 20.0 Å². The molecule has 0 atom stereocenters. The van der Waals surface area contributed by atoms with E-state index in [1.807, 2.05) is 0 Å². The molecule has 0 spiro atoms. The number of pyridine rings is 1. The molecule has 0 fully saturated rings. The first-order valence-corrected chi connectivity index (χ1v) is 4.96. The maximum Gasteiger partial charge on any atom is 0.331 e. The fourth-order valence-electron chi connectivity index (χ4n) is 1.11. The molecule has 0 saturated carbocycles. The van der Waals surface area contributed by atoms with Crippen molar-refractivity contribution in [1.82, 2.24) is 4.98 Å². The molecule has 9 heteroatoms. The Morgan fingerprint density at radius 1 is 1.67 bits per heavy atom. The van der Waals surface area contributed by atoms with E-state index in [0.717, 1.165) is 6.07 Å². The fourth-order valence-corrected chi connectivity index (χ4v) is 1.11. The van der Waals surface area contributed by atoms with Crippen LogP contribution in [-0.2, 0) is 0 Å². The lowest BCUT2D eigenvalue weighted by Crippen LogP contribution is -2.14. The molecule has 0 aromatic carbocycles. The molecule has 1 rings (SSSR count). The normalized spacial score (nSPS) is 11.3. The molecule has 4 N–H and O–H groups in total. The molecule has 0 aliphatic heterocycles. The van der Waals surface area contributed by atoms with Gasteiger partial charge in [-0.2, -0.15) is 0 Å². The number of rotatable bonds is 6. The van der Waals surface area contributed by atoms with E-state index in [1.165, 1.54) is 6.20 Å². The number of aliphatic hydroxyl groups excluding tert-OH is 1. The van der Waals surface area contributed by atoms with E-state index in [2.05, 4.69) is 10.1 Å². The summed E-state index contributed by atoms with van der Waals surface area (Å²) >= 11 is 0. The summed E-state index contributed by atoms with van der Waals surface area (Å²) in [7, 11) is 0. The number of nitrogens with zero attached hydrogens (tertiary/aromatic N) is 3. The van der Waals surface area contributed by atoms with Crippen molar-refractivity contribution in [3.8, 4) is 5.88 Å². The number of oxime groups is 1. The van der Waals surface area contributed by atoms with Gasteiger partial charge < -0.3 is 20.8 Å². The fraction of sp³-hybridized carbons (Fsp3) is 0.333. The summed E-state index contributed by atoms with van der Waals surface area (Å²) in [5, 5.41) is 30.6. The van der Waals surface area contributed by atoms with Crippen molar-refractivity contribution in [2.24, 2.45) is 10.9 Å². The number of aliphatic hydroxyl groups is 1. The van der Waals surface area contributed by atoms with Gasteiger partial charge in [-0.1, -0.05) is 5.16 Å². The van der Waals surface area contributed by atoms with Crippen LogP contribution in [0.15, 0.2) is 17.4 Å². The van der Waals surface area contributed by atoms with E-state index in [0.29, 0.717) is 6.42 Å². The summed E-state index contributed by atoms with van der Waals surface area (Å²) < 4.78 is 5.05. The highest BCUT2D eigenvalue weighted by Crippen LogP contribution is 2.25. The van der Waals surface area contributed by atoms with Crippen LogP contribution < -0.4 is 10.5 Å². The molecule has 1 aromatic heterocycles. The van der Waals surface area contributed by atoms with E-state index in [9.17, 15) is 10.1 Å².